The standard InChI is InChI=1S/C31H38O4/c1-5-30-20-29(3,4)28-24-15-13-22(32)18-21(24)12-14-25(28)26(30)16-17-31(30,6-2)35-27(33)19-34-23-10-8-7-9-11-23/h2,7-11,18,24-26,28H,5,12-17,19-20H2,1,3-4H3/t24?,25?,26?,28?,30-,31-/m0/s1. The highest BCUT2D eigenvalue weighted by Gasteiger charge is 2.69. The summed E-state index contributed by atoms with van der Waals surface area (Å²) in [4.78, 5) is 25.2. The van der Waals surface area contributed by atoms with Gasteiger partial charge in [-0.05, 0) is 92.2 Å². The molecule has 3 fully saturated rings. The first-order valence-electron chi connectivity index (χ1n) is 13.4. The van der Waals surface area contributed by atoms with Gasteiger partial charge in [-0.15, -0.1) is 6.42 Å². The van der Waals surface area contributed by atoms with Crippen molar-refractivity contribution in [1.82, 2.24) is 0 Å². The second kappa shape index (κ2) is 8.84. The van der Waals surface area contributed by atoms with Crippen LogP contribution >= 0.6 is 0 Å². The Morgan fingerprint density at radius 3 is 2.63 bits per heavy atom. The highest BCUT2D eigenvalue weighted by atomic mass is 16.6. The molecule has 0 heterocycles. The topological polar surface area (TPSA) is 52.6 Å². The summed E-state index contributed by atoms with van der Waals surface area (Å²) < 4.78 is 12.0. The molecule has 1 aromatic rings. The fourth-order valence-electron chi connectivity index (χ4n) is 8.89. The number of carbonyl (C=O) groups excluding carboxylic acids is 2. The molecule has 0 saturated heterocycles. The van der Waals surface area contributed by atoms with Gasteiger partial charge in [-0.2, -0.15) is 0 Å². The van der Waals surface area contributed by atoms with Gasteiger partial charge < -0.3 is 9.47 Å². The molecule has 4 unspecified atom stereocenters. The summed E-state index contributed by atoms with van der Waals surface area (Å²) in [6.45, 7) is 6.86. The summed E-state index contributed by atoms with van der Waals surface area (Å²) in [5, 5.41) is 0. The van der Waals surface area contributed by atoms with Crippen molar-refractivity contribution in [1.29, 1.82) is 0 Å². The van der Waals surface area contributed by atoms with Crippen molar-refractivity contribution in [3.8, 4) is 18.1 Å². The Balaban J connectivity index is 1.42. The maximum Gasteiger partial charge on any atom is 0.345 e. The number of benzene rings is 1. The summed E-state index contributed by atoms with van der Waals surface area (Å²) in [6.07, 6.45) is 15.5. The van der Waals surface area contributed by atoms with Gasteiger partial charge in [-0.1, -0.05) is 50.5 Å². The van der Waals surface area contributed by atoms with Crippen LogP contribution in [0.1, 0.15) is 72.1 Å². The lowest BCUT2D eigenvalue weighted by Gasteiger charge is -2.62. The summed E-state index contributed by atoms with van der Waals surface area (Å²) in [6, 6.07) is 9.33. The Morgan fingerprint density at radius 1 is 1.14 bits per heavy atom. The van der Waals surface area contributed by atoms with Crippen LogP contribution in [0.2, 0.25) is 0 Å². The minimum Gasteiger partial charge on any atom is -0.482 e. The molecule has 4 heteroatoms. The molecule has 5 rings (SSSR count). The highest BCUT2D eigenvalue weighted by molar-refractivity contribution is 5.91. The molecule has 4 aliphatic rings. The Bertz CT molecular complexity index is 1060. The average molecular weight is 475 g/mol. The molecule has 4 aliphatic carbocycles. The number of para-hydroxylation sites is 1. The number of ether oxygens (including phenoxy) is 2. The molecule has 0 aromatic heterocycles. The summed E-state index contributed by atoms with van der Waals surface area (Å²) in [5.74, 6) is 5.61. The van der Waals surface area contributed by atoms with E-state index in [1.54, 1.807) is 0 Å². The lowest BCUT2D eigenvalue weighted by atomic mass is 9.42. The first-order chi connectivity index (χ1) is 16.7. The van der Waals surface area contributed by atoms with Gasteiger partial charge in [0.2, 0.25) is 0 Å². The van der Waals surface area contributed by atoms with Crippen molar-refractivity contribution < 1.29 is 19.1 Å². The lowest BCUT2D eigenvalue weighted by molar-refractivity contribution is -0.188. The largest absolute Gasteiger partial charge is 0.482 e. The van der Waals surface area contributed by atoms with Crippen LogP contribution in [0.25, 0.3) is 0 Å². The minimum atomic E-state index is -0.898. The molecule has 0 spiro atoms. The van der Waals surface area contributed by atoms with Crippen molar-refractivity contribution in [3.63, 3.8) is 0 Å². The maximum absolute atomic E-state index is 13.0. The van der Waals surface area contributed by atoms with E-state index in [9.17, 15) is 9.59 Å². The van der Waals surface area contributed by atoms with Crippen LogP contribution in [0.15, 0.2) is 42.0 Å². The van der Waals surface area contributed by atoms with E-state index in [0.29, 0.717) is 48.0 Å². The Kier molecular flexibility index (Phi) is 6.10. The number of terminal acetylenes is 1. The third-order valence-corrected chi connectivity index (χ3v) is 9.95. The Labute approximate surface area is 209 Å². The predicted octanol–water partition coefficient (Wildman–Crippen LogP) is 6.15. The van der Waals surface area contributed by atoms with E-state index < -0.39 is 5.60 Å². The van der Waals surface area contributed by atoms with Crippen molar-refractivity contribution in [2.75, 3.05) is 6.61 Å². The van der Waals surface area contributed by atoms with Crippen LogP contribution in [0, 0.1) is 46.8 Å². The number of carbonyl (C=O) groups is 2. The molecule has 0 bridgehead atoms. The lowest BCUT2D eigenvalue weighted by Crippen LogP contribution is -2.60. The predicted molar refractivity (Wildman–Crippen MR) is 135 cm³/mol. The van der Waals surface area contributed by atoms with Gasteiger partial charge in [0, 0.05) is 11.8 Å². The van der Waals surface area contributed by atoms with Gasteiger partial charge in [0.25, 0.3) is 0 Å². The van der Waals surface area contributed by atoms with E-state index in [-0.39, 0.29) is 23.4 Å². The fraction of sp³-hybridized carbons (Fsp3) is 0.613. The molecule has 186 valence electrons. The van der Waals surface area contributed by atoms with Crippen molar-refractivity contribution in [2.45, 2.75) is 77.7 Å². The third-order valence-electron chi connectivity index (χ3n) is 9.95. The van der Waals surface area contributed by atoms with Crippen molar-refractivity contribution in [3.05, 3.63) is 42.0 Å². The average Bonchev–Trinajstić information content (AvgIpc) is 3.16. The zero-order valence-electron chi connectivity index (χ0n) is 21.3. The van der Waals surface area contributed by atoms with Crippen LogP contribution in [-0.2, 0) is 14.3 Å². The van der Waals surface area contributed by atoms with Crippen LogP contribution in [0.5, 0.6) is 5.75 Å². The first kappa shape index (κ1) is 24.2. The second-order valence-electron chi connectivity index (χ2n) is 11.9. The number of ketones is 1. The molecular weight excluding hydrogens is 436 g/mol. The smallest absolute Gasteiger partial charge is 0.345 e. The summed E-state index contributed by atoms with van der Waals surface area (Å²) >= 11 is 0. The molecule has 6 atom stereocenters. The van der Waals surface area contributed by atoms with Crippen molar-refractivity contribution >= 4 is 11.8 Å². The summed E-state index contributed by atoms with van der Waals surface area (Å²) in [5.41, 5.74) is 0.289. The Hall–Kier alpha value is -2.54. The monoisotopic (exact) mass is 474 g/mol. The SMILES string of the molecule is C#C[C@]1(OC(=O)COc2ccccc2)CCC2C3CCC4=CC(=O)CCC4C3C(C)(C)C[C@@]21CC. The van der Waals surface area contributed by atoms with Gasteiger partial charge in [-0.3, -0.25) is 4.79 Å². The second-order valence-corrected chi connectivity index (χ2v) is 11.9. The van der Waals surface area contributed by atoms with Gasteiger partial charge in [0.1, 0.15) is 5.75 Å². The zero-order chi connectivity index (χ0) is 24.8. The molecular formula is C31H38O4. The van der Waals surface area contributed by atoms with E-state index in [4.69, 9.17) is 15.9 Å². The van der Waals surface area contributed by atoms with Gasteiger partial charge in [0.05, 0.1) is 0 Å². The van der Waals surface area contributed by atoms with Crippen LogP contribution in [-0.4, -0.2) is 24.0 Å². The number of allylic oxidation sites excluding steroid dienone is 1. The molecule has 35 heavy (non-hydrogen) atoms. The minimum absolute atomic E-state index is 0.0428. The van der Waals surface area contributed by atoms with E-state index >= 15 is 0 Å². The number of hydrogen-bond donors (Lipinski definition) is 0. The highest BCUT2D eigenvalue weighted by Crippen LogP contribution is 2.71. The quantitative estimate of drug-likeness (QED) is 0.379. The third kappa shape index (κ3) is 3.83. The molecule has 1 aromatic carbocycles. The van der Waals surface area contributed by atoms with E-state index in [2.05, 4.69) is 26.7 Å². The fourth-order valence-corrected chi connectivity index (χ4v) is 8.89. The van der Waals surface area contributed by atoms with Gasteiger partial charge >= 0.3 is 5.97 Å². The molecule has 0 radical (unpaired) electrons. The molecule has 0 amide bonds. The van der Waals surface area contributed by atoms with Crippen LogP contribution in [0.3, 0.4) is 0 Å². The molecule has 0 N–H and O–H groups in total. The number of hydrogen-bond acceptors (Lipinski definition) is 4. The molecule has 0 aliphatic heterocycles. The van der Waals surface area contributed by atoms with Crippen LogP contribution in [0.4, 0.5) is 0 Å². The number of esters is 1. The first-order valence-corrected chi connectivity index (χ1v) is 13.4. The molecule has 3 saturated carbocycles. The number of fused-ring (bicyclic) bond motifs is 5. The van der Waals surface area contributed by atoms with E-state index in [0.717, 1.165) is 38.5 Å². The summed E-state index contributed by atoms with van der Waals surface area (Å²) in [7, 11) is 0. The normalized spacial score (nSPS) is 37.2. The number of rotatable bonds is 5. The maximum atomic E-state index is 13.0. The van der Waals surface area contributed by atoms with Crippen molar-refractivity contribution in [2.24, 2.45) is 34.5 Å². The van der Waals surface area contributed by atoms with Gasteiger partial charge in [0.15, 0.2) is 18.0 Å². The van der Waals surface area contributed by atoms with E-state index in [1.807, 2.05) is 36.4 Å². The van der Waals surface area contributed by atoms with Gasteiger partial charge in [-0.25, -0.2) is 4.79 Å². The Morgan fingerprint density at radius 2 is 1.91 bits per heavy atom. The van der Waals surface area contributed by atoms with E-state index in [1.165, 1.54) is 5.57 Å². The molecule has 4 nitrogen and oxygen atoms in total. The van der Waals surface area contributed by atoms with Crippen LogP contribution < -0.4 is 4.74 Å². The zero-order valence-corrected chi connectivity index (χ0v) is 21.3.